The maximum absolute atomic E-state index is 11.9. The molecule has 0 bridgehead atoms. The Labute approximate surface area is 119 Å². The van der Waals surface area contributed by atoms with E-state index in [-0.39, 0.29) is 18.4 Å². The molecule has 0 saturated heterocycles. The molecule has 1 atom stereocenters. The highest BCUT2D eigenvalue weighted by atomic mass is 16.4. The van der Waals surface area contributed by atoms with Crippen LogP contribution in [0.5, 0.6) is 0 Å². The second-order valence-electron chi connectivity index (χ2n) is 5.59. The summed E-state index contributed by atoms with van der Waals surface area (Å²) >= 11 is 0. The minimum Gasteiger partial charge on any atom is -0.480 e. The summed E-state index contributed by atoms with van der Waals surface area (Å²) in [6.07, 6.45) is 6.21. The van der Waals surface area contributed by atoms with Gasteiger partial charge in [-0.2, -0.15) is 0 Å². The van der Waals surface area contributed by atoms with Crippen LogP contribution in [0.15, 0.2) is 0 Å². The molecule has 1 unspecified atom stereocenters. The highest BCUT2D eigenvalue weighted by Crippen LogP contribution is 2.26. The van der Waals surface area contributed by atoms with Crippen LogP contribution in [0.4, 0.5) is 0 Å². The molecule has 1 saturated carbocycles. The van der Waals surface area contributed by atoms with Crippen molar-refractivity contribution in [3.8, 4) is 0 Å². The molecule has 2 amide bonds. The topological polar surface area (TPSA) is 86.7 Å². The lowest BCUT2D eigenvalue weighted by molar-refractivity contribution is -0.144. The van der Waals surface area contributed by atoms with Crippen LogP contribution in [-0.2, 0) is 14.4 Å². The van der Waals surface area contributed by atoms with Gasteiger partial charge in [0, 0.05) is 13.5 Å². The van der Waals surface area contributed by atoms with Gasteiger partial charge in [0.15, 0.2) is 0 Å². The summed E-state index contributed by atoms with van der Waals surface area (Å²) < 4.78 is 0. The van der Waals surface area contributed by atoms with Gasteiger partial charge in [0.25, 0.3) is 0 Å². The van der Waals surface area contributed by atoms with Crippen molar-refractivity contribution < 1.29 is 19.5 Å². The number of aliphatic carboxylic acids is 1. The lowest BCUT2D eigenvalue weighted by Crippen LogP contribution is -2.47. The number of likely N-dealkylation sites (N-methyl/N-ethyl adjacent to an activating group) is 1. The fourth-order valence-corrected chi connectivity index (χ4v) is 2.63. The summed E-state index contributed by atoms with van der Waals surface area (Å²) in [5, 5.41) is 11.3. The van der Waals surface area contributed by atoms with E-state index in [9.17, 15) is 14.4 Å². The fraction of sp³-hybridized carbons (Fsp3) is 0.786. The van der Waals surface area contributed by atoms with E-state index in [2.05, 4.69) is 5.32 Å². The van der Waals surface area contributed by atoms with E-state index in [0.717, 1.165) is 17.7 Å². The maximum atomic E-state index is 11.9. The van der Waals surface area contributed by atoms with Crippen molar-refractivity contribution in [2.45, 2.75) is 51.5 Å². The van der Waals surface area contributed by atoms with Crippen LogP contribution in [0, 0.1) is 5.92 Å². The molecule has 1 fully saturated rings. The SMILES string of the molecule is CC(NC(=O)CC1CCCCC1)C(=O)N(C)CC(=O)O. The smallest absolute Gasteiger partial charge is 0.323 e. The van der Waals surface area contributed by atoms with Crippen molar-refractivity contribution in [2.75, 3.05) is 13.6 Å². The first-order valence-electron chi connectivity index (χ1n) is 7.16. The first kappa shape index (κ1) is 16.5. The van der Waals surface area contributed by atoms with E-state index in [1.807, 2.05) is 0 Å². The van der Waals surface area contributed by atoms with Crippen molar-refractivity contribution in [3.05, 3.63) is 0 Å². The summed E-state index contributed by atoms with van der Waals surface area (Å²) in [6.45, 7) is 1.22. The van der Waals surface area contributed by atoms with Crippen molar-refractivity contribution in [1.82, 2.24) is 10.2 Å². The van der Waals surface area contributed by atoms with Crippen LogP contribution < -0.4 is 5.32 Å². The van der Waals surface area contributed by atoms with Crippen molar-refractivity contribution in [1.29, 1.82) is 0 Å². The summed E-state index contributed by atoms with van der Waals surface area (Å²) in [5.41, 5.74) is 0. The molecular formula is C14H24N2O4. The lowest BCUT2D eigenvalue weighted by atomic mass is 9.87. The van der Waals surface area contributed by atoms with E-state index in [0.29, 0.717) is 12.3 Å². The van der Waals surface area contributed by atoms with Gasteiger partial charge in [0.1, 0.15) is 12.6 Å². The second-order valence-corrected chi connectivity index (χ2v) is 5.59. The number of amides is 2. The van der Waals surface area contributed by atoms with Crippen LogP contribution in [0.3, 0.4) is 0 Å². The summed E-state index contributed by atoms with van der Waals surface area (Å²) in [4.78, 5) is 35.4. The highest BCUT2D eigenvalue weighted by molar-refractivity contribution is 5.89. The minimum atomic E-state index is -1.07. The predicted molar refractivity (Wildman–Crippen MR) is 74.1 cm³/mol. The lowest BCUT2D eigenvalue weighted by Gasteiger charge is -2.23. The summed E-state index contributed by atoms with van der Waals surface area (Å²) in [7, 11) is 1.42. The maximum Gasteiger partial charge on any atom is 0.323 e. The molecule has 1 aliphatic carbocycles. The fourth-order valence-electron chi connectivity index (χ4n) is 2.63. The van der Waals surface area contributed by atoms with Gasteiger partial charge in [-0.3, -0.25) is 14.4 Å². The average Bonchev–Trinajstić information content (AvgIpc) is 2.37. The Balaban J connectivity index is 2.36. The molecule has 0 radical (unpaired) electrons. The van der Waals surface area contributed by atoms with E-state index < -0.39 is 12.0 Å². The molecule has 0 aromatic heterocycles. The van der Waals surface area contributed by atoms with Crippen LogP contribution in [0.1, 0.15) is 45.4 Å². The molecule has 0 aromatic rings. The van der Waals surface area contributed by atoms with Gasteiger partial charge in [0.2, 0.25) is 11.8 Å². The Bertz CT molecular complexity index is 364. The molecule has 20 heavy (non-hydrogen) atoms. The Kier molecular flexibility index (Phi) is 6.48. The third-order valence-electron chi connectivity index (χ3n) is 3.70. The van der Waals surface area contributed by atoms with E-state index in [1.165, 1.54) is 26.3 Å². The van der Waals surface area contributed by atoms with Gasteiger partial charge in [-0.05, 0) is 25.7 Å². The number of hydrogen-bond acceptors (Lipinski definition) is 3. The van der Waals surface area contributed by atoms with Crippen LogP contribution in [0.2, 0.25) is 0 Å². The number of rotatable bonds is 6. The van der Waals surface area contributed by atoms with Crippen molar-refractivity contribution >= 4 is 17.8 Å². The average molecular weight is 284 g/mol. The first-order chi connectivity index (χ1) is 9.40. The molecule has 1 rings (SSSR count). The molecule has 0 spiro atoms. The Hall–Kier alpha value is -1.59. The molecule has 1 aliphatic rings. The van der Waals surface area contributed by atoms with Gasteiger partial charge < -0.3 is 15.3 Å². The zero-order chi connectivity index (χ0) is 15.1. The normalized spacial score (nSPS) is 17.3. The summed E-state index contributed by atoms with van der Waals surface area (Å²) in [5.74, 6) is -1.16. The number of carbonyl (C=O) groups excluding carboxylic acids is 2. The van der Waals surface area contributed by atoms with E-state index in [4.69, 9.17) is 5.11 Å². The second kappa shape index (κ2) is 7.87. The molecule has 114 valence electrons. The number of nitrogens with one attached hydrogen (secondary N) is 1. The van der Waals surface area contributed by atoms with Crippen LogP contribution in [-0.4, -0.2) is 47.4 Å². The first-order valence-corrected chi connectivity index (χ1v) is 7.16. The third kappa shape index (κ3) is 5.59. The van der Waals surface area contributed by atoms with Gasteiger partial charge in [-0.15, -0.1) is 0 Å². The molecule has 0 heterocycles. The monoisotopic (exact) mass is 284 g/mol. The minimum absolute atomic E-state index is 0.124. The number of carbonyl (C=O) groups is 3. The zero-order valence-electron chi connectivity index (χ0n) is 12.2. The van der Waals surface area contributed by atoms with Crippen LogP contribution >= 0.6 is 0 Å². The molecule has 2 N–H and O–H groups in total. The number of hydrogen-bond donors (Lipinski definition) is 2. The van der Waals surface area contributed by atoms with Crippen molar-refractivity contribution in [2.24, 2.45) is 5.92 Å². The van der Waals surface area contributed by atoms with Gasteiger partial charge in [-0.25, -0.2) is 0 Å². The van der Waals surface area contributed by atoms with Crippen LogP contribution in [0.25, 0.3) is 0 Å². The number of carboxylic acids is 1. The van der Waals surface area contributed by atoms with E-state index >= 15 is 0 Å². The Morgan fingerprint density at radius 3 is 2.40 bits per heavy atom. The Morgan fingerprint density at radius 1 is 1.25 bits per heavy atom. The predicted octanol–water partition coefficient (Wildman–Crippen LogP) is 1.00. The standard InChI is InChI=1S/C14H24N2O4/c1-10(14(20)16(2)9-13(18)19)15-12(17)8-11-6-4-3-5-7-11/h10-11H,3-9H2,1-2H3,(H,15,17)(H,18,19). The molecule has 0 aliphatic heterocycles. The summed E-state index contributed by atoms with van der Waals surface area (Å²) in [6, 6.07) is -0.685. The molecular weight excluding hydrogens is 260 g/mol. The zero-order valence-corrected chi connectivity index (χ0v) is 12.2. The van der Waals surface area contributed by atoms with Crippen molar-refractivity contribution in [3.63, 3.8) is 0 Å². The molecule has 6 nitrogen and oxygen atoms in total. The Morgan fingerprint density at radius 2 is 1.85 bits per heavy atom. The van der Waals surface area contributed by atoms with Gasteiger partial charge >= 0.3 is 5.97 Å². The number of nitrogens with zero attached hydrogens (tertiary/aromatic N) is 1. The third-order valence-corrected chi connectivity index (χ3v) is 3.70. The number of carboxylic acid groups (broad SMARTS) is 1. The largest absolute Gasteiger partial charge is 0.480 e. The van der Waals surface area contributed by atoms with Gasteiger partial charge in [0.05, 0.1) is 0 Å². The van der Waals surface area contributed by atoms with Gasteiger partial charge in [-0.1, -0.05) is 19.3 Å². The molecule has 0 aromatic carbocycles. The highest BCUT2D eigenvalue weighted by Gasteiger charge is 2.23. The molecule has 6 heteroatoms. The quantitative estimate of drug-likeness (QED) is 0.762. The van der Waals surface area contributed by atoms with E-state index in [1.54, 1.807) is 6.92 Å².